The summed E-state index contributed by atoms with van der Waals surface area (Å²) in [5.41, 5.74) is 3.33. The van der Waals surface area contributed by atoms with Crippen LogP contribution >= 0.6 is 0 Å². The molecule has 0 bridgehead atoms. The molecule has 0 saturated carbocycles. The molecule has 164 valence electrons. The Kier molecular flexibility index (Phi) is 4.70. The van der Waals surface area contributed by atoms with Gasteiger partial charge in [-0.1, -0.05) is 6.07 Å². The van der Waals surface area contributed by atoms with Crippen molar-refractivity contribution in [2.24, 2.45) is 0 Å². The third-order valence-corrected chi connectivity index (χ3v) is 5.59. The van der Waals surface area contributed by atoms with E-state index in [1.807, 2.05) is 6.92 Å². The zero-order valence-corrected chi connectivity index (χ0v) is 17.5. The Labute approximate surface area is 186 Å². The fourth-order valence-corrected chi connectivity index (χ4v) is 4.01. The van der Waals surface area contributed by atoms with Crippen molar-refractivity contribution in [3.8, 4) is 28.2 Å². The summed E-state index contributed by atoms with van der Waals surface area (Å²) >= 11 is 0. The van der Waals surface area contributed by atoms with E-state index < -0.39 is 17.8 Å². The monoisotopic (exact) mass is 443 g/mol. The summed E-state index contributed by atoms with van der Waals surface area (Å²) in [6, 6.07) is 14.1. The second-order valence-corrected chi connectivity index (χ2v) is 7.81. The van der Waals surface area contributed by atoms with Crippen molar-refractivity contribution >= 4 is 28.8 Å². The number of nitrogens with zero attached hydrogens (tertiary/aromatic N) is 1. The molecule has 1 N–H and O–H groups in total. The van der Waals surface area contributed by atoms with Gasteiger partial charge in [-0.25, -0.2) is 4.79 Å². The zero-order valence-electron chi connectivity index (χ0n) is 17.5. The molecule has 0 unspecified atom stereocenters. The van der Waals surface area contributed by atoms with Crippen LogP contribution in [-0.2, 0) is 14.4 Å². The van der Waals surface area contributed by atoms with Crippen LogP contribution in [0.4, 0.5) is 0 Å². The highest BCUT2D eigenvalue weighted by molar-refractivity contribution is 6.04. The van der Waals surface area contributed by atoms with E-state index in [-0.39, 0.29) is 29.6 Å². The molecule has 0 atom stereocenters. The van der Waals surface area contributed by atoms with Gasteiger partial charge in [-0.2, -0.15) is 0 Å². The van der Waals surface area contributed by atoms with Crippen molar-refractivity contribution in [3.05, 3.63) is 75.9 Å². The maximum Gasteiger partial charge on any atom is 0.363 e. The average molecular weight is 443 g/mol. The molecule has 3 aliphatic rings. The number of aromatic hydroxyl groups is 1. The number of rotatable bonds is 3. The molecule has 1 aliphatic carbocycles. The van der Waals surface area contributed by atoms with Crippen LogP contribution in [0.5, 0.6) is 5.75 Å². The van der Waals surface area contributed by atoms with Crippen molar-refractivity contribution in [1.82, 2.24) is 5.06 Å². The lowest BCUT2D eigenvalue weighted by Crippen LogP contribution is -2.32. The normalized spacial score (nSPS) is 13.8. The van der Waals surface area contributed by atoms with Crippen LogP contribution < -0.4 is 5.43 Å². The van der Waals surface area contributed by atoms with E-state index >= 15 is 0 Å². The number of hydrogen-bond donors (Lipinski definition) is 1. The van der Waals surface area contributed by atoms with Gasteiger partial charge in [0.25, 0.3) is 11.8 Å². The van der Waals surface area contributed by atoms with Gasteiger partial charge in [0.2, 0.25) is 0 Å². The summed E-state index contributed by atoms with van der Waals surface area (Å²) in [6.45, 7) is 1.81. The molecule has 2 aromatic rings. The van der Waals surface area contributed by atoms with Crippen LogP contribution in [0.1, 0.15) is 28.8 Å². The predicted octanol–water partition coefficient (Wildman–Crippen LogP) is 3.80. The Bertz CT molecular complexity index is 1480. The standard InChI is InChI=1S/C25H17NO7/c1-13-10-14(25(31)33-26-22(29)8-9-23(26)30)2-5-17(13)24-18-6-3-15(27)11-20(18)32-21-12-16(28)4-7-19(21)24/h2-7,10-12,27H,8-9H2,1H3. The summed E-state index contributed by atoms with van der Waals surface area (Å²) in [4.78, 5) is 52.9. The minimum Gasteiger partial charge on any atom is -0.508 e. The minimum atomic E-state index is -0.813. The summed E-state index contributed by atoms with van der Waals surface area (Å²) in [5, 5.41) is 11.1. The van der Waals surface area contributed by atoms with Crippen LogP contribution in [0.2, 0.25) is 0 Å². The highest BCUT2D eigenvalue weighted by atomic mass is 16.7. The molecule has 8 heteroatoms. The first kappa shape index (κ1) is 20.4. The van der Waals surface area contributed by atoms with Crippen LogP contribution in [0.3, 0.4) is 0 Å². The van der Waals surface area contributed by atoms with Gasteiger partial charge >= 0.3 is 5.97 Å². The zero-order chi connectivity index (χ0) is 23.3. The molecule has 0 radical (unpaired) electrons. The molecule has 2 aliphatic heterocycles. The van der Waals surface area contributed by atoms with Crippen molar-refractivity contribution < 1.29 is 28.7 Å². The smallest absolute Gasteiger partial charge is 0.363 e. The van der Waals surface area contributed by atoms with E-state index in [9.17, 15) is 24.3 Å². The van der Waals surface area contributed by atoms with E-state index in [1.165, 1.54) is 18.2 Å². The van der Waals surface area contributed by atoms with Gasteiger partial charge in [0.15, 0.2) is 5.43 Å². The molecule has 2 aromatic carbocycles. The van der Waals surface area contributed by atoms with E-state index in [2.05, 4.69) is 0 Å². The number of carbonyl (C=O) groups excluding carboxylic acids is 3. The lowest BCUT2D eigenvalue weighted by molar-refractivity contribution is -0.172. The molecule has 0 aromatic heterocycles. The molecule has 2 amide bonds. The molecule has 33 heavy (non-hydrogen) atoms. The van der Waals surface area contributed by atoms with Crippen molar-refractivity contribution in [2.75, 3.05) is 0 Å². The molecule has 8 nitrogen and oxygen atoms in total. The Hall–Kier alpha value is -4.46. The first-order valence-electron chi connectivity index (χ1n) is 10.2. The van der Waals surface area contributed by atoms with Gasteiger partial charge in [0, 0.05) is 41.5 Å². The molecular formula is C25H17NO7. The minimum absolute atomic E-state index is 0.0178. The first-order chi connectivity index (χ1) is 15.8. The summed E-state index contributed by atoms with van der Waals surface area (Å²) in [5.74, 6) is -1.52. The number of phenolic OH excluding ortho intramolecular Hbond substituents is 1. The van der Waals surface area contributed by atoms with Crippen LogP contribution in [0.15, 0.2) is 63.8 Å². The molecule has 1 fully saturated rings. The number of imide groups is 1. The lowest BCUT2D eigenvalue weighted by atomic mass is 9.90. The van der Waals surface area contributed by atoms with Gasteiger partial charge in [-0.05, 0) is 54.4 Å². The average Bonchev–Trinajstić information content (AvgIpc) is 3.09. The Morgan fingerprint density at radius 2 is 1.67 bits per heavy atom. The molecular weight excluding hydrogens is 426 g/mol. The molecule has 0 spiro atoms. The lowest BCUT2D eigenvalue weighted by Gasteiger charge is -2.17. The Balaban J connectivity index is 1.62. The number of hydrogen-bond acceptors (Lipinski definition) is 7. The Morgan fingerprint density at radius 3 is 2.39 bits per heavy atom. The quantitative estimate of drug-likeness (QED) is 0.378. The highest BCUT2D eigenvalue weighted by Gasteiger charge is 2.33. The van der Waals surface area contributed by atoms with Gasteiger partial charge in [0.05, 0.1) is 5.56 Å². The third-order valence-electron chi connectivity index (χ3n) is 5.59. The molecule has 5 rings (SSSR count). The summed E-state index contributed by atoms with van der Waals surface area (Å²) < 4.78 is 5.86. The second kappa shape index (κ2) is 7.59. The third kappa shape index (κ3) is 3.51. The summed E-state index contributed by atoms with van der Waals surface area (Å²) in [7, 11) is 0. The fourth-order valence-electron chi connectivity index (χ4n) is 4.01. The van der Waals surface area contributed by atoms with Gasteiger partial charge in [-0.3, -0.25) is 14.4 Å². The van der Waals surface area contributed by atoms with Gasteiger partial charge in [-0.15, -0.1) is 5.06 Å². The van der Waals surface area contributed by atoms with Crippen molar-refractivity contribution in [1.29, 1.82) is 0 Å². The highest BCUT2D eigenvalue weighted by Crippen LogP contribution is 2.41. The first-order valence-corrected chi connectivity index (χ1v) is 10.2. The van der Waals surface area contributed by atoms with Crippen LogP contribution in [0, 0.1) is 6.92 Å². The molecule has 2 heterocycles. The van der Waals surface area contributed by atoms with Gasteiger partial charge < -0.3 is 14.4 Å². The Morgan fingerprint density at radius 1 is 0.939 bits per heavy atom. The van der Waals surface area contributed by atoms with E-state index in [0.717, 1.165) is 16.7 Å². The van der Waals surface area contributed by atoms with E-state index in [0.29, 0.717) is 27.4 Å². The number of hydroxylamine groups is 2. The van der Waals surface area contributed by atoms with Crippen molar-refractivity contribution in [2.45, 2.75) is 19.8 Å². The maximum absolute atomic E-state index is 12.5. The SMILES string of the molecule is Cc1cc(C(=O)ON2C(=O)CCC2=O)ccc1-c1c2ccc(=O)cc-2oc2cc(O)ccc12. The molecule has 1 saturated heterocycles. The van der Waals surface area contributed by atoms with Crippen LogP contribution in [0.25, 0.3) is 33.4 Å². The largest absolute Gasteiger partial charge is 0.508 e. The number of fused-ring (bicyclic) bond motifs is 2. The number of carbonyl (C=O) groups is 3. The number of phenols is 1. The number of aryl methyl sites for hydroxylation is 1. The summed E-state index contributed by atoms with van der Waals surface area (Å²) in [6.07, 6.45) is 0.0355. The predicted molar refractivity (Wildman–Crippen MR) is 117 cm³/mol. The number of benzene rings is 3. The second-order valence-electron chi connectivity index (χ2n) is 7.81. The van der Waals surface area contributed by atoms with Crippen molar-refractivity contribution in [3.63, 3.8) is 0 Å². The number of amides is 2. The fraction of sp³-hybridized carbons (Fsp3) is 0.120. The van der Waals surface area contributed by atoms with E-state index in [4.69, 9.17) is 9.25 Å². The van der Waals surface area contributed by atoms with E-state index in [1.54, 1.807) is 36.4 Å². The maximum atomic E-state index is 12.5. The topological polar surface area (TPSA) is 114 Å². The van der Waals surface area contributed by atoms with Gasteiger partial charge in [0.1, 0.15) is 17.1 Å². The van der Waals surface area contributed by atoms with Crippen LogP contribution in [-0.4, -0.2) is 28.0 Å².